The van der Waals surface area contributed by atoms with Gasteiger partial charge in [0.15, 0.2) is 11.0 Å². The first-order valence-electron chi connectivity index (χ1n) is 9.93. The van der Waals surface area contributed by atoms with Gasteiger partial charge in [0, 0.05) is 16.3 Å². The molecule has 4 rings (SSSR count). The van der Waals surface area contributed by atoms with E-state index in [1.165, 1.54) is 25.3 Å². The second-order valence-electron chi connectivity index (χ2n) is 7.10. The fourth-order valence-corrected chi connectivity index (χ4v) is 4.78. The minimum atomic E-state index is -0.257. The van der Waals surface area contributed by atoms with Crippen LogP contribution < -0.4 is 4.74 Å². The first kappa shape index (κ1) is 20.4. The molecule has 0 bridgehead atoms. The summed E-state index contributed by atoms with van der Waals surface area (Å²) in [6.07, 6.45) is 5.81. The van der Waals surface area contributed by atoms with E-state index < -0.39 is 0 Å². The van der Waals surface area contributed by atoms with Crippen molar-refractivity contribution in [3.8, 4) is 17.1 Å². The van der Waals surface area contributed by atoms with Crippen LogP contribution in [0.5, 0.6) is 5.75 Å². The van der Waals surface area contributed by atoms with E-state index in [2.05, 4.69) is 30.7 Å². The highest BCUT2D eigenvalue weighted by Gasteiger charge is 2.25. The molecule has 1 saturated carbocycles. The Morgan fingerprint density at radius 2 is 1.79 bits per heavy atom. The first-order valence-corrected chi connectivity index (χ1v) is 11.7. The van der Waals surface area contributed by atoms with Gasteiger partial charge in [-0.25, -0.2) is 4.39 Å². The summed E-state index contributed by atoms with van der Waals surface area (Å²) in [5, 5.41) is 9.63. The summed E-state index contributed by atoms with van der Waals surface area (Å²) in [4.78, 5) is 0. The van der Waals surface area contributed by atoms with Crippen LogP contribution in [0.3, 0.4) is 0 Å². The molecule has 0 atom stereocenters. The van der Waals surface area contributed by atoms with E-state index in [0.29, 0.717) is 24.0 Å². The topological polar surface area (TPSA) is 39.9 Å². The summed E-state index contributed by atoms with van der Waals surface area (Å²) in [5.41, 5.74) is 0.517. The molecule has 1 aliphatic carbocycles. The van der Waals surface area contributed by atoms with E-state index in [-0.39, 0.29) is 5.82 Å². The summed E-state index contributed by atoms with van der Waals surface area (Å²) in [7, 11) is 0. The van der Waals surface area contributed by atoms with Crippen molar-refractivity contribution in [2.45, 2.75) is 43.3 Å². The third-order valence-electron chi connectivity index (χ3n) is 5.12. The van der Waals surface area contributed by atoms with Gasteiger partial charge in [0.2, 0.25) is 0 Å². The quantitative estimate of drug-likeness (QED) is 0.287. The number of rotatable bonds is 7. The third kappa shape index (κ3) is 5.01. The van der Waals surface area contributed by atoms with Gasteiger partial charge >= 0.3 is 0 Å². The van der Waals surface area contributed by atoms with Gasteiger partial charge in [-0.2, -0.15) is 0 Å². The van der Waals surface area contributed by atoms with E-state index >= 15 is 0 Å². The second-order valence-corrected chi connectivity index (χ2v) is 9.08. The first-order chi connectivity index (χ1) is 14.2. The van der Waals surface area contributed by atoms with Gasteiger partial charge in [-0.3, -0.25) is 4.57 Å². The minimum absolute atomic E-state index is 0.257. The molecule has 1 aliphatic rings. The highest BCUT2D eigenvalue weighted by Crippen LogP contribution is 2.36. The van der Waals surface area contributed by atoms with Gasteiger partial charge in [0.1, 0.15) is 11.6 Å². The Kier molecular flexibility index (Phi) is 6.87. The van der Waals surface area contributed by atoms with Crippen LogP contribution in [-0.4, -0.2) is 27.1 Å². The Morgan fingerprint density at radius 1 is 1.03 bits per heavy atom. The molecule has 0 N–H and O–H groups in total. The zero-order chi connectivity index (χ0) is 20.1. The summed E-state index contributed by atoms with van der Waals surface area (Å²) >= 11 is 5.04. The van der Waals surface area contributed by atoms with Gasteiger partial charge in [0.05, 0.1) is 12.2 Å². The van der Waals surface area contributed by atoms with Gasteiger partial charge in [-0.05, 0) is 49.2 Å². The molecule has 152 valence electrons. The van der Waals surface area contributed by atoms with Crippen molar-refractivity contribution in [3.05, 3.63) is 58.8 Å². The molecule has 2 aromatic carbocycles. The fourth-order valence-electron chi connectivity index (χ4n) is 3.69. The minimum Gasteiger partial charge on any atom is -0.493 e. The third-order valence-corrected chi connectivity index (χ3v) is 6.55. The fraction of sp³-hybridized carbons (Fsp3) is 0.364. The molecule has 7 heteroatoms. The lowest BCUT2D eigenvalue weighted by atomic mass is 9.95. The normalized spacial score (nSPS) is 14.8. The zero-order valence-corrected chi connectivity index (χ0v) is 18.5. The molecule has 0 radical (unpaired) electrons. The molecular formula is C22H23BrFN3OS. The molecule has 0 saturated heterocycles. The number of hydrogen-bond acceptors (Lipinski definition) is 4. The number of hydrogen-bond donors (Lipinski definition) is 0. The lowest BCUT2D eigenvalue weighted by molar-refractivity contribution is 0.336. The van der Waals surface area contributed by atoms with Crippen molar-refractivity contribution >= 4 is 27.7 Å². The van der Waals surface area contributed by atoms with Crippen LogP contribution in [0.25, 0.3) is 11.4 Å². The van der Waals surface area contributed by atoms with Crippen molar-refractivity contribution in [1.29, 1.82) is 0 Å². The predicted molar refractivity (Wildman–Crippen MR) is 118 cm³/mol. The number of ether oxygens (including phenoxy) is 1. The molecule has 1 fully saturated rings. The molecule has 1 aromatic heterocycles. The predicted octanol–water partition coefficient (Wildman–Crippen LogP) is 6.52. The lowest BCUT2D eigenvalue weighted by Gasteiger charge is -2.25. The smallest absolute Gasteiger partial charge is 0.191 e. The Hall–Kier alpha value is -1.86. The monoisotopic (exact) mass is 475 g/mol. The molecule has 0 unspecified atom stereocenters. The van der Waals surface area contributed by atoms with Crippen LogP contribution >= 0.6 is 27.7 Å². The second kappa shape index (κ2) is 9.76. The maximum Gasteiger partial charge on any atom is 0.191 e. The highest BCUT2D eigenvalue weighted by atomic mass is 79.9. The van der Waals surface area contributed by atoms with Gasteiger partial charge in [-0.1, -0.05) is 59.1 Å². The standard InChI is InChI=1S/C22H23BrFN3OS/c23-16-10-12-18(13-11-16)28-14-15-29-22-26-25-21(19-8-4-5-9-20(19)24)27(22)17-6-2-1-3-7-17/h4-5,8-13,17H,1-3,6-7,14-15H2. The Labute approximate surface area is 183 Å². The maximum atomic E-state index is 14.4. The molecule has 1 heterocycles. The van der Waals surface area contributed by atoms with Crippen LogP contribution in [0.4, 0.5) is 4.39 Å². The molecule has 29 heavy (non-hydrogen) atoms. The summed E-state index contributed by atoms with van der Waals surface area (Å²) in [5.74, 6) is 1.96. The molecule has 0 spiro atoms. The average Bonchev–Trinajstić information content (AvgIpc) is 3.17. The SMILES string of the molecule is Fc1ccccc1-c1nnc(SCCOc2ccc(Br)cc2)n1C1CCCCC1. The highest BCUT2D eigenvalue weighted by molar-refractivity contribution is 9.10. The van der Waals surface area contributed by atoms with Crippen LogP contribution in [0.1, 0.15) is 38.1 Å². The van der Waals surface area contributed by atoms with Crippen LogP contribution in [-0.2, 0) is 0 Å². The molecule has 4 nitrogen and oxygen atoms in total. The van der Waals surface area contributed by atoms with Crippen molar-refractivity contribution in [3.63, 3.8) is 0 Å². The average molecular weight is 476 g/mol. The summed E-state index contributed by atoms with van der Waals surface area (Å²) in [6.45, 7) is 0.568. The van der Waals surface area contributed by atoms with Crippen molar-refractivity contribution in [1.82, 2.24) is 14.8 Å². The van der Waals surface area contributed by atoms with E-state index in [1.807, 2.05) is 30.3 Å². The molecular weight excluding hydrogens is 453 g/mol. The number of benzene rings is 2. The molecule has 3 aromatic rings. The van der Waals surface area contributed by atoms with E-state index in [9.17, 15) is 4.39 Å². The Morgan fingerprint density at radius 3 is 2.55 bits per heavy atom. The van der Waals surface area contributed by atoms with E-state index in [4.69, 9.17) is 4.74 Å². The maximum absolute atomic E-state index is 14.4. The number of thioether (sulfide) groups is 1. The van der Waals surface area contributed by atoms with E-state index in [1.54, 1.807) is 23.9 Å². The van der Waals surface area contributed by atoms with Gasteiger partial charge < -0.3 is 4.74 Å². The van der Waals surface area contributed by atoms with E-state index in [0.717, 1.165) is 34.0 Å². The van der Waals surface area contributed by atoms with Crippen LogP contribution in [0.15, 0.2) is 58.2 Å². The Bertz CT molecular complexity index is 941. The number of aromatic nitrogens is 3. The molecule has 0 aliphatic heterocycles. The van der Waals surface area contributed by atoms with Crippen LogP contribution in [0.2, 0.25) is 0 Å². The largest absolute Gasteiger partial charge is 0.493 e. The van der Waals surface area contributed by atoms with Crippen LogP contribution in [0, 0.1) is 5.82 Å². The molecule has 0 amide bonds. The lowest BCUT2D eigenvalue weighted by Crippen LogP contribution is -2.15. The van der Waals surface area contributed by atoms with Crippen molar-refractivity contribution in [2.24, 2.45) is 0 Å². The number of halogens is 2. The van der Waals surface area contributed by atoms with Crippen molar-refractivity contribution < 1.29 is 9.13 Å². The number of nitrogens with zero attached hydrogens (tertiary/aromatic N) is 3. The van der Waals surface area contributed by atoms with Gasteiger partial charge in [-0.15, -0.1) is 10.2 Å². The Balaban J connectivity index is 1.50. The zero-order valence-electron chi connectivity index (χ0n) is 16.1. The van der Waals surface area contributed by atoms with Crippen molar-refractivity contribution in [2.75, 3.05) is 12.4 Å². The van der Waals surface area contributed by atoms with Gasteiger partial charge in [0.25, 0.3) is 0 Å². The summed E-state index contributed by atoms with van der Waals surface area (Å²) < 4.78 is 23.4. The summed E-state index contributed by atoms with van der Waals surface area (Å²) in [6, 6.07) is 14.9.